The van der Waals surface area contributed by atoms with Crippen molar-refractivity contribution in [2.24, 2.45) is 0 Å². The van der Waals surface area contributed by atoms with Crippen LogP contribution in [-0.4, -0.2) is 4.57 Å². The van der Waals surface area contributed by atoms with Gasteiger partial charge in [0.25, 0.3) is 0 Å². The van der Waals surface area contributed by atoms with Crippen molar-refractivity contribution < 1.29 is 0 Å². The van der Waals surface area contributed by atoms with Crippen LogP contribution in [0.15, 0.2) is 394 Å². The molecule has 18 aromatic rings. The van der Waals surface area contributed by atoms with Crippen molar-refractivity contribution in [3.63, 3.8) is 0 Å². The molecule has 1 heterocycles. The second kappa shape index (κ2) is 25.5. The van der Waals surface area contributed by atoms with E-state index in [2.05, 4.69) is 436 Å². The Kier molecular flexibility index (Phi) is 15.2. The molecule has 1 aromatic heterocycles. The van der Waals surface area contributed by atoms with Crippen molar-refractivity contribution in [3.05, 3.63) is 439 Å². The zero-order valence-corrected chi connectivity index (χ0v) is 60.9. The molecule has 0 spiro atoms. The van der Waals surface area contributed by atoms with Gasteiger partial charge in [-0.05, 0) is 231 Å². The molecule has 0 amide bonds. The minimum Gasteiger partial charge on any atom is -0.310 e. The van der Waals surface area contributed by atoms with Crippen LogP contribution < -0.4 is 9.80 Å². The summed E-state index contributed by atoms with van der Waals surface area (Å²) in [6.07, 6.45) is 0. The number of fused-ring (bicyclic) bond motifs is 14. The number of hydrogen-bond donors (Lipinski definition) is 0. The summed E-state index contributed by atoms with van der Waals surface area (Å²) in [4.78, 5) is 4.89. The normalized spacial score (nSPS) is 13.6. The molecule has 0 radical (unpaired) electrons. The van der Waals surface area contributed by atoms with E-state index in [9.17, 15) is 0 Å². The lowest BCUT2D eigenvalue weighted by Gasteiger charge is -2.35. The fourth-order valence-corrected chi connectivity index (χ4v) is 18.4. The monoisotopic (exact) mass is 1380 g/mol. The third kappa shape index (κ3) is 10.3. The Balaban J connectivity index is 0.000000143. The summed E-state index contributed by atoms with van der Waals surface area (Å²) >= 11 is 0. The van der Waals surface area contributed by atoms with Gasteiger partial charge in [0.1, 0.15) is 0 Å². The van der Waals surface area contributed by atoms with Gasteiger partial charge in [0.2, 0.25) is 0 Å². The molecule has 3 heteroatoms. The van der Waals surface area contributed by atoms with Crippen molar-refractivity contribution in [1.29, 1.82) is 0 Å². The number of nitrogens with zero attached hydrogens (tertiary/aromatic N) is 3. The third-order valence-corrected chi connectivity index (χ3v) is 23.7. The standard InChI is InChI=1S/C56H41N.C49H36N2/c1-55(2)51-33-31-45(36-50(51)49-34-40-18-12-13-19-41(40)35-53(49)55)57(44-28-26-39(27-29-44)38-16-6-3-7-17-38)46-30-32-48-47-24-14-15-25-52(47)56(54(48)37-46,42-20-8-4-9-21-42)43-22-10-5-11-23-43;1-49(2)45-20-12-11-19-41(45)42-27-25-39(31-46(42)49)50(38-23-21-34(22-24-38)33-13-5-3-6-14-33)40-26-28-43-44-29-35-15-9-10-16-36(35)30-47(44)51(48(43)32-40)37-17-7-4-8-18-37/h3-37H,1-2H3;3-32H,1-2H3. The molecule has 3 aliphatic rings. The van der Waals surface area contributed by atoms with Gasteiger partial charge in [0.15, 0.2) is 0 Å². The Morgan fingerprint density at radius 1 is 0.213 bits per heavy atom. The molecule has 21 rings (SSSR count). The molecule has 0 saturated carbocycles. The van der Waals surface area contributed by atoms with Crippen molar-refractivity contribution in [1.82, 2.24) is 4.57 Å². The summed E-state index contributed by atoms with van der Waals surface area (Å²) in [6, 6.07) is 145. The Hall–Kier alpha value is -13.3. The summed E-state index contributed by atoms with van der Waals surface area (Å²) in [5.74, 6) is 0. The van der Waals surface area contributed by atoms with Crippen LogP contribution in [-0.2, 0) is 16.2 Å². The second-order valence-corrected chi connectivity index (χ2v) is 30.3. The average molecular weight is 1380 g/mol. The molecule has 3 aliphatic carbocycles. The van der Waals surface area contributed by atoms with Gasteiger partial charge < -0.3 is 14.4 Å². The Morgan fingerprint density at radius 3 is 1.15 bits per heavy atom. The fourth-order valence-electron chi connectivity index (χ4n) is 18.4. The molecule has 0 fully saturated rings. The summed E-state index contributed by atoms with van der Waals surface area (Å²) < 4.78 is 2.43. The Morgan fingerprint density at radius 2 is 0.574 bits per heavy atom. The highest BCUT2D eigenvalue weighted by molar-refractivity contribution is 6.14. The van der Waals surface area contributed by atoms with Crippen LogP contribution in [0, 0.1) is 0 Å². The first-order valence-electron chi connectivity index (χ1n) is 37.8. The van der Waals surface area contributed by atoms with Crippen LogP contribution >= 0.6 is 0 Å². The largest absolute Gasteiger partial charge is 0.310 e. The van der Waals surface area contributed by atoms with Crippen LogP contribution in [0.5, 0.6) is 0 Å². The van der Waals surface area contributed by atoms with Crippen LogP contribution in [0.25, 0.3) is 105 Å². The van der Waals surface area contributed by atoms with Crippen LogP contribution in [0.3, 0.4) is 0 Å². The van der Waals surface area contributed by atoms with Crippen LogP contribution in [0.2, 0.25) is 0 Å². The second-order valence-electron chi connectivity index (χ2n) is 30.3. The molecule has 17 aromatic carbocycles. The third-order valence-electron chi connectivity index (χ3n) is 23.7. The van der Waals surface area contributed by atoms with Crippen molar-refractivity contribution >= 4 is 77.5 Å². The van der Waals surface area contributed by atoms with E-state index in [1.165, 1.54) is 143 Å². The molecule has 3 nitrogen and oxygen atoms in total. The number of hydrogen-bond acceptors (Lipinski definition) is 2. The first-order valence-corrected chi connectivity index (χ1v) is 37.8. The van der Waals surface area contributed by atoms with E-state index >= 15 is 0 Å². The lowest BCUT2D eigenvalue weighted by atomic mass is 9.67. The highest BCUT2D eigenvalue weighted by Gasteiger charge is 2.47. The molecule has 108 heavy (non-hydrogen) atoms. The van der Waals surface area contributed by atoms with Crippen molar-refractivity contribution in [2.45, 2.75) is 43.9 Å². The van der Waals surface area contributed by atoms with Gasteiger partial charge in [-0.2, -0.15) is 0 Å². The Bertz CT molecular complexity index is 6470. The molecular formula is C105H77N3. The molecule has 0 unspecified atom stereocenters. The zero-order valence-electron chi connectivity index (χ0n) is 60.9. The van der Waals surface area contributed by atoms with Gasteiger partial charge in [-0.1, -0.05) is 313 Å². The zero-order chi connectivity index (χ0) is 72.2. The molecule has 0 saturated heterocycles. The lowest BCUT2D eigenvalue weighted by Crippen LogP contribution is -2.28. The number of anilines is 6. The van der Waals surface area contributed by atoms with Gasteiger partial charge in [0.05, 0.1) is 16.4 Å². The van der Waals surface area contributed by atoms with E-state index in [4.69, 9.17) is 0 Å². The molecule has 0 aliphatic heterocycles. The van der Waals surface area contributed by atoms with Crippen molar-refractivity contribution in [2.75, 3.05) is 9.80 Å². The predicted octanol–water partition coefficient (Wildman–Crippen LogP) is 28.0. The number of rotatable bonds is 11. The maximum atomic E-state index is 2.47. The van der Waals surface area contributed by atoms with Gasteiger partial charge in [0, 0.05) is 61.4 Å². The predicted molar refractivity (Wildman–Crippen MR) is 455 cm³/mol. The van der Waals surface area contributed by atoms with Crippen molar-refractivity contribution in [3.8, 4) is 61.3 Å². The average Bonchev–Trinajstić information content (AvgIpc) is 1.53. The molecule has 0 atom stereocenters. The number of para-hydroxylation sites is 1. The van der Waals surface area contributed by atoms with Crippen LogP contribution in [0.4, 0.5) is 34.1 Å². The van der Waals surface area contributed by atoms with E-state index in [0.29, 0.717) is 0 Å². The molecule has 0 bridgehead atoms. The van der Waals surface area contributed by atoms with E-state index in [-0.39, 0.29) is 10.8 Å². The number of benzene rings is 17. The minimum absolute atomic E-state index is 0.101. The van der Waals surface area contributed by atoms with Gasteiger partial charge in [-0.3, -0.25) is 0 Å². The number of aromatic nitrogens is 1. The topological polar surface area (TPSA) is 11.4 Å². The summed E-state index contributed by atoms with van der Waals surface area (Å²) in [5.41, 5.74) is 32.9. The minimum atomic E-state index is -0.491. The Labute approximate surface area is 631 Å². The van der Waals surface area contributed by atoms with E-state index < -0.39 is 5.41 Å². The van der Waals surface area contributed by atoms with E-state index in [1.54, 1.807) is 0 Å². The SMILES string of the molecule is CC1(C)c2ccc(N(c3ccc(-c4ccccc4)cc3)c3ccc4c(c3)C(c3ccccc3)(c3ccccc3)c3ccccc3-4)cc2-c2cc3ccccc3cc21.CC1(C)c2ccccc2-c2ccc(N(c3ccc(-c4ccccc4)cc3)c3ccc4c5cc6ccccc6cc5n(-c5ccccc5)c4c3)cc21. The summed E-state index contributed by atoms with van der Waals surface area (Å²) in [5, 5.41) is 7.56. The quantitative estimate of drug-likeness (QED) is 0.128. The smallest absolute Gasteiger partial charge is 0.0714 e. The van der Waals surface area contributed by atoms with Gasteiger partial charge in [-0.25, -0.2) is 0 Å². The first kappa shape index (κ1) is 64.3. The van der Waals surface area contributed by atoms with Crippen LogP contribution in [0.1, 0.15) is 72.2 Å². The fraction of sp³-hybridized carbons (Fsp3) is 0.0667. The van der Waals surface area contributed by atoms with Gasteiger partial charge in [-0.15, -0.1) is 0 Å². The summed E-state index contributed by atoms with van der Waals surface area (Å²) in [6.45, 7) is 9.46. The highest BCUT2D eigenvalue weighted by Crippen LogP contribution is 2.59. The first-order chi connectivity index (χ1) is 53.1. The van der Waals surface area contributed by atoms with E-state index in [0.717, 1.165) is 39.8 Å². The van der Waals surface area contributed by atoms with Gasteiger partial charge >= 0.3 is 0 Å². The molecular weight excluding hydrogens is 1300 g/mol. The summed E-state index contributed by atoms with van der Waals surface area (Å²) in [7, 11) is 0. The van der Waals surface area contributed by atoms with E-state index in [1.807, 2.05) is 0 Å². The molecule has 0 N–H and O–H groups in total. The maximum absolute atomic E-state index is 2.47. The molecule has 512 valence electrons. The lowest BCUT2D eigenvalue weighted by molar-refractivity contribution is 0.660. The maximum Gasteiger partial charge on any atom is 0.0714 e. The highest BCUT2D eigenvalue weighted by atomic mass is 15.2.